The molecule has 0 radical (unpaired) electrons. The van der Waals surface area contributed by atoms with Crippen molar-refractivity contribution in [3.8, 4) is 0 Å². The van der Waals surface area contributed by atoms with Crippen molar-refractivity contribution in [3.63, 3.8) is 0 Å². The molecule has 0 atom stereocenters. The second-order valence-corrected chi connectivity index (χ2v) is 10.2. The van der Waals surface area contributed by atoms with Crippen molar-refractivity contribution in [1.82, 2.24) is 0 Å². The van der Waals surface area contributed by atoms with Crippen LogP contribution in [-0.4, -0.2) is 30.4 Å². The smallest absolute Gasteiger partial charge is 0.232 e. The van der Waals surface area contributed by atoms with E-state index in [2.05, 4.69) is 17.4 Å². The second-order valence-electron chi connectivity index (χ2n) is 6.09. The van der Waals surface area contributed by atoms with Crippen LogP contribution >= 0.6 is 8.25 Å². The average Bonchev–Trinajstić information content (AvgIpc) is 2.71. The molecule has 0 amide bonds. The van der Waals surface area contributed by atoms with E-state index in [-0.39, 0.29) is 12.1 Å². The van der Waals surface area contributed by atoms with Crippen molar-refractivity contribution in [2.45, 2.75) is 22.1 Å². The number of hydrogen-bond donors (Lipinski definition) is 0. The van der Waals surface area contributed by atoms with E-state index in [1.54, 1.807) is 0 Å². The third-order valence-corrected chi connectivity index (χ3v) is 7.04. The van der Waals surface area contributed by atoms with Gasteiger partial charge in [0.25, 0.3) is 0 Å². The quantitative estimate of drug-likeness (QED) is 0.167. The first-order valence-corrected chi connectivity index (χ1v) is 12.5. The van der Waals surface area contributed by atoms with Crippen molar-refractivity contribution < 1.29 is 73.9 Å². The van der Waals surface area contributed by atoms with Crippen LogP contribution in [0.2, 0.25) is 0 Å². The van der Waals surface area contributed by atoms with Crippen LogP contribution in [-0.2, 0) is 54.6 Å². The van der Waals surface area contributed by atoms with Crippen molar-refractivity contribution in [2.75, 3.05) is 13.6 Å². The Balaban J connectivity index is 2.01. The highest BCUT2D eigenvalue weighted by atomic mass is 32.2. The number of benzene rings is 2. The molecule has 2 rings (SSSR count). The fourth-order valence-corrected chi connectivity index (χ4v) is 4.98. The first-order valence-electron chi connectivity index (χ1n) is 8.61. The highest BCUT2D eigenvalue weighted by Crippen LogP contribution is 2.37. The number of halogens is 8. The predicted octanol–water partition coefficient (Wildman–Crippen LogP) is 4.72. The maximum absolute atomic E-state index is 13.8. The van der Waals surface area contributed by atoms with Gasteiger partial charge in [0.15, 0.2) is 0 Å². The molecule has 0 saturated heterocycles. The van der Waals surface area contributed by atoms with Crippen LogP contribution in [0.25, 0.3) is 0 Å². The number of rotatable bonds is 10. The first kappa shape index (κ1) is 29.9. The summed E-state index contributed by atoms with van der Waals surface area (Å²) in [6.07, 6.45) is -10.6. The maximum Gasteiger partial charge on any atom is 0.702 e. The molecule has 20 heteroatoms. The van der Waals surface area contributed by atoms with E-state index < -0.39 is 87.0 Å². The summed E-state index contributed by atoms with van der Waals surface area (Å²) < 4.78 is 181. The lowest BCUT2D eigenvalue weighted by molar-refractivity contribution is -0.141. The van der Waals surface area contributed by atoms with E-state index >= 15 is 0 Å². The first-order chi connectivity index (χ1) is 16.4. The summed E-state index contributed by atoms with van der Waals surface area (Å²) in [5.74, 6) is -3.68. The van der Waals surface area contributed by atoms with Gasteiger partial charge < -0.3 is 0 Å². The zero-order valence-electron chi connectivity index (χ0n) is 16.8. The van der Waals surface area contributed by atoms with E-state index in [1.807, 2.05) is 0 Å². The summed E-state index contributed by atoms with van der Waals surface area (Å²) in [6.45, 7) is -3.27. The topological polar surface area (TPSA) is 122 Å². The molecule has 9 nitrogen and oxygen atoms in total. The van der Waals surface area contributed by atoms with Gasteiger partial charge in [-0.15, -0.1) is 0 Å². The molecule has 2 aromatic rings. The molecule has 0 saturated carbocycles. The van der Waals surface area contributed by atoms with E-state index in [0.717, 1.165) is 0 Å². The van der Waals surface area contributed by atoms with Crippen LogP contribution in [0.3, 0.4) is 0 Å². The number of hydrogen-bond acceptors (Lipinski definition) is 9. The van der Waals surface area contributed by atoms with Crippen molar-refractivity contribution in [3.05, 3.63) is 59.2 Å². The molecule has 0 aliphatic heterocycles. The highest BCUT2D eigenvalue weighted by molar-refractivity contribution is 7.87. The standard InChI is InChI=1S/C16H10F8O9PS2/c17-11-5-1-3-9(15(19,20)21)13(11)35(26,27)32-7-30-34(25)31-8-33-36(28,29)14-10(16(22,23)24)4-2-6-12(14)18/h1-6H,7-8H2/q+1. The Labute approximate surface area is 197 Å². The Morgan fingerprint density at radius 2 is 1.00 bits per heavy atom. The summed E-state index contributed by atoms with van der Waals surface area (Å²) in [7, 11) is -14.5. The molecule has 2 aromatic carbocycles. The van der Waals surface area contributed by atoms with Gasteiger partial charge >= 0.3 is 40.8 Å². The van der Waals surface area contributed by atoms with Gasteiger partial charge in [-0.2, -0.15) is 43.2 Å². The minimum absolute atomic E-state index is 0.237. The van der Waals surface area contributed by atoms with Gasteiger partial charge in [0.1, 0.15) is 21.4 Å². The van der Waals surface area contributed by atoms with Gasteiger partial charge in [-0.3, -0.25) is 0 Å². The molecule has 0 unspecified atom stereocenters. The molecule has 0 spiro atoms. The monoisotopic (exact) mass is 593 g/mol. The van der Waals surface area contributed by atoms with E-state index in [0.29, 0.717) is 24.3 Å². The van der Waals surface area contributed by atoms with Crippen molar-refractivity contribution in [2.24, 2.45) is 0 Å². The molecule has 200 valence electrons. The average molecular weight is 593 g/mol. The second kappa shape index (κ2) is 11.0. The molecule has 0 fully saturated rings. The Hall–Kier alpha value is -2.28. The van der Waals surface area contributed by atoms with Gasteiger partial charge in [0.05, 0.1) is 11.1 Å². The van der Waals surface area contributed by atoms with Crippen molar-refractivity contribution in [1.29, 1.82) is 0 Å². The van der Waals surface area contributed by atoms with Gasteiger partial charge in [-0.1, -0.05) is 21.2 Å². The Morgan fingerprint density at radius 1 is 0.667 bits per heavy atom. The van der Waals surface area contributed by atoms with Crippen LogP contribution in [0.1, 0.15) is 11.1 Å². The minimum Gasteiger partial charge on any atom is -0.232 e. The highest BCUT2D eigenvalue weighted by Gasteiger charge is 2.41. The van der Waals surface area contributed by atoms with Crippen molar-refractivity contribution >= 4 is 28.5 Å². The minimum atomic E-state index is -5.48. The van der Waals surface area contributed by atoms with E-state index in [1.165, 1.54) is 0 Å². The molecular weight excluding hydrogens is 583 g/mol. The Kier molecular flexibility index (Phi) is 9.15. The molecule has 0 N–H and O–H groups in total. The van der Waals surface area contributed by atoms with Crippen LogP contribution in [0, 0.1) is 11.6 Å². The molecule has 0 aliphatic rings. The third kappa shape index (κ3) is 7.37. The summed E-state index contributed by atoms with van der Waals surface area (Å²) in [5, 5.41) is 0. The van der Waals surface area contributed by atoms with Crippen LogP contribution in [0.5, 0.6) is 0 Å². The van der Waals surface area contributed by atoms with Gasteiger partial charge in [0.2, 0.25) is 13.6 Å². The maximum atomic E-state index is 13.8. The summed E-state index contributed by atoms with van der Waals surface area (Å²) in [6, 6.07) is 2.39. The van der Waals surface area contributed by atoms with Gasteiger partial charge in [0, 0.05) is 4.57 Å². The van der Waals surface area contributed by atoms with Crippen LogP contribution in [0.4, 0.5) is 35.1 Å². The van der Waals surface area contributed by atoms with E-state index in [9.17, 15) is 56.5 Å². The lowest BCUT2D eigenvalue weighted by Crippen LogP contribution is -2.18. The van der Waals surface area contributed by atoms with Gasteiger partial charge in [-0.25, -0.2) is 17.1 Å². The molecule has 0 bridgehead atoms. The molecule has 0 aromatic heterocycles. The Bertz CT molecular complexity index is 1240. The van der Waals surface area contributed by atoms with Gasteiger partial charge in [-0.05, 0) is 24.3 Å². The SMILES string of the molecule is O=[P+](OCOS(=O)(=O)c1c(F)cccc1C(F)(F)F)OCOS(=O)(=O)c1c(F)cccc1C(F)(F)F. The number of alkyl halides is 6. The molecule has 0 aliphatic carbocycles. The zero-order chi connectivity index (χ0) is 27.5. The third-order valence-electron chi connectivity index (χ3n) is 3.77. The normalized spacial score (nSPS) is 13.1. The zero-order valence-corrected chi connectivity index (χ0v) is 19.4. The summed E-state index contributed by atoms with van der Waals surface area (Å²) in [4.78, 5) is -3.81. The fourth-order valence-electron chi connectivity index (χ4n) is 2.38. The lowest BCUT2D eigenvalue weighted by atomic mass is 10.2. The molecule has 36 heavy (non-hydrogen) atoms. The fraction of sp³-hybridized carbons (Fsp3) is 0.250. The van der Waals surface area contributed by atoms with Crippen LogP contribution < -0.4 is 0 Å². The summed E-state index contributed by atoms with van der Waals surface area (Å²) >= 11 is 0. The van der Waals surface area contributed by atoms with Crippen LogP contribution in [0.15, 0.2) is 46.2 Å². The Morgan fingerprint density at radius 3 is 1.31 bits per heavy atom. The van der Waals surface area contributed by atoms with E-state index in [4.69, 9.17) is 0 Å². The lowest BCUT2D eigenvalue weighted by Gasteiger charge is -2.13. The summed E-state index contributed by atoms with van der Waals surface area (Å²) in [5.41, 5.74) is -3.85. The molecular formula is C16H10F8O9PS2+. The molecule has 0 heterocycles. The largest absolute Gasteiger partial charge is 0.702 e. The predicted molar refractivity (Wildman–Crippen MR) is 98.9 cm³/mol.